The number of hydrogen-bond acceptors (Lipinski definition) is 3. The van der Waals surface area contributed by atoms with E-state index in [1.165, 1.54) is 45.2 Å². The number of nitrogens with one attached hydrogen (secondary N) is 1. The fourth-order valence-electron chi connectivity index (χ4n) is 2.91. The first kappa shape index (κ1) is 13.3. The van der Waals surface area contributed by atoms with Crippen LogP contribution >= 0.6 is 0 Å². The van der Waals surface area contributed by atoms with Crippen LogP contribution < -0.4 is 5.32 Å². The normalized spacial score (nSPS) is 27.5. The van der Waals surface area contributed by atoms with Crippen molar-refractivity contribution in [3.05, 3.63) is 0 Å². The molecule has 1 aliphatic heterocycles. The van der Waals surface area contributed by atoms with Gasteiger partial charge in [0, 0.05) is 18.6 Å². The zero-order chi connectivity index (χ0) is 12.1. The molecule has 2 fully saturated rings. The summed E-state index contributed by atoms with van der Waals surface area (Å²) in [5, 5.41) is 12.9. The van der Waals surface area contributed by atoms with Crippen LogP contribution in [0.4, 0.5) is 0 Å². The molecular formula is C14H28N2O. The van der Waals surface area contributed by atoms with Crippen molar-refractivity contribution in [1.29, 1.82) is 0 Å². The van der Waals surface area contributed by atoms with E-state index in [0.29, 0.717) is 18.7 Å². The molecule has 1 saturated carbocycles. The minimum Gasteiger partial charge on any atom is -0.395 e. The summed E-state index contributed by atoms with van der Waals surface area (Å²) in [6.07, 6.45) is 7.80. The van der Waals surface area contributed by atoms with Crippen LogP contribution in [-0.4, -0.2) is 48.3 Å². The first-order valence-corrected chi connectivity index (χ1v) is 7.41. The van der Waals surface area contributed by atoms with Gasteiger partial charge in [-0.25, -0.2) is 0 Å². The molecule has 0 aromatic rings. The number of likely N-dealkylation sites (tertiary alicyclic amines) is 1. The van der Waals surface area contributed by atoms with E-state index in [1.807, 2.05) is 0 Å². The second kappa shape index (κ2) is 6.72. The van der Waals surface area contributed by atoms with E-state index in [9.17, 15) is 5.11 Å². The number of aliphatic hydroxyl groups excluding tert-OH is 1. The molecule has 0 radical (unpaired) electrons. The van der Waals surface area contributed by atoms with Gasteiger partial charge in [-0.1, -0.05) is 13.3 Å². The van der Waals surface area contributed by atoms with Gasteiger partial charge in [0.25, 0.3) is 0 Å². The van der Waals surface area contributed by atoms with Gasteiger partial charge in [0.05, 0.1) is 6.61 Å². The lowest BCUT2D eigenvalue weighted by atomic mass is 10.0. The van der Waals surface area contributed by atoms with E-state index in [0.717, 1.165) is 18.9 Å². The van der Waals surface area contributed by atoms with Gasteiger partial charge in [-0.3, -0.25) is 0 Å². The predicted molar refractivity (Wildman–Crippen MR) is 71.1 cm³/mol. The third kappa shape index (κ3) is 4.57. The summed E-state index contributed by atoms with van der Waals surface area (Å²) in [5.74, 6) is 0.934. The highest BCUT2D eigenvalue weighted by Crippen LogP contribution is 2.22. The van der Waals surface area contributed by atoms with E-state index >= 15 is 0 Å². The van der Waals surface area contributed by atoms with Gasteiger partial charge in [-0.15, -0.1) is 0 Å². The zero-order valence-electron chi connectivity index (χ0n) is 11.2. The van der Waals surface area contributed by atoms with E-state index in [1.54, 1.807) is 0 Å². The minimum atomic E-state index is 0.294. The number of aliphatic hydroxyl groups is 1. The minimum absolute atomic E-state index is 0.294. The van der Waals surface area contributed by atoms with E-state index < -0.39 is 0 Å². The van der Waals surface area contributed by atoms with Crippen molar-refractivity contribution in [2.24, 2.45) is 5.92 Å². The highest BCUT2D eigenvalue weighted by atomic mass is 16.3. The molecule has 0 aromatic heterocycles. The van der Waals surface area contributed by atoms with Crippen molar-refractivity contribution < 1.29 is 5.11 Å². The Balaban J connectivity index is 1.60. The second-order valence-electron chi connectivity index (χ2n) is 5.85. The van der Waals surface area contributed by atoms with Gasteiger partial charge in [-0.05, 0) is 51.1 Å². The largest absolute Gasteiger partial charge is 0.395 e. The zero-order valence-corrected chi connectivity index (χ0v) is 11.2. The Bertz CT molecular complexity index is 218. The van der Waals surface area contributed by atoms with Crippen molar-refractivity contribution in [1.82, 2.24) is 10.2 Å². The van der Waals surface area contributed by atoms with Crippen molar-refractivity contribution in [3.63, 3.8) is 0 Å². The second-order valence-corrected chi connectivity index (χ2v) is 5.85. The Labute approximate surface area is 106 Å². The molecule has 1 aliphatic carbocycles. The molecule has 1 saturated heterocycles. The van der Waals surface area contributed by atoms with Crippen molar-refractivity contribution in [2.75, 3.05) is 26.2 Å². The van der Waals surface area contributed by atoms with Crippen LogP contribution in [-0.2, 0) is 0 Å². The highest BCUT2D eigenvalue weighted by Gasteiger charge is 2.26. The summed E-state index contributed by atoms with van der Waals surface area (Å²) in [7, 11) is 0. The third-order valence-electron chi connectivity index (χ3n) is 4.13. The lowest BCUT2D eigenvalue weighted by Crippen LogP contribution is -2.37. The molecular weight excluding hydrogens is 212 g/mol. The molecule has 1 heterocycles. The lowest BCUT2D eigenvalue weighted by Gasteiger charge is -2.21. The fraction of sp³-hybridized carbons (Fsp3) is 1.00. The topological polar surface area (TPSA) is 35.5 Å². The SMILES string of the molecule is CCCC1CCN(CCC(CO)NC2CC2)C1. The van der Waals surface area contributed by atoms with Crippen molar-refractivity contribution >= 4 is 0 Å². The van der Waals surface area contributed by atoms with Gasteiger partial charge >= 0.3 is 0 Å². The van der Waals surface area contributed by atoms with Crippen LogP contribution in [0.3, 0.4) is 0 Å². The first-order chi connectivity index (χ1) is 8.31. The number of rotatable bonds is 8. The molecule has 0 aromatic carbocycles. The van der Waals surface area contributed by atoms with Crippen molar-refractivity contribution in [3.8, 4) is 0 Å². The molecule has 0 bridgehead atoms. The Morgan fingerprint density at radius 2 is 2.18 bits per heavy atom. The molecule has 2 N–H and O–H groups in total. The Morgan fingerprint density at radius 1 is 1.35 bits per heavy atom. The molecule has 2 rings (SSSR count). The van der Waals surface area contributed by atoms with Gasteiger partial charge in [-0.2, -0.15) is 0 Å². The molecule has 2 aliphatic rings. The maximum atomic E-state index is 9.33. The van der Waals surface area contributed by atoms with Crippen LogP contribution in [0.2, 0.25) is 0 Å². The summed E-state index contributed by atoms with van der Waals surface area (Å²) in [6.45, 7) is 6.29. The van der Waals surface area contributed by atoms with Gasteiger partial charge in [0.2, 0.25) is 0 Å². The van der Waals surface area contributed by atoms with Gasteiger partial charge in [0.1, 0.15) is 0 Å². The van der Waals surface area contributed by atoms with E-state index in [-0.39, 0.29) is 0 Å². The standard InChI is InChI=1S/C14H28N2O/c1-2-3-12-6-8-16(10-12)9-7-14(11-17)15-13-4-5-13/h12-15,17H,2-11H2,1H3. The third-order valence-corrected chi connectivity index (χ3v) is 4.13. The summed E-state index contributed by atoms with van der Waals surface area (Å²) < 4.78 is 0. The maximum absolute atomic E-state index is 9.33. The molecule has 17 heavy (non-hydrogen) atoms. The van der Waals surface area contributed by atoms with Crippen LogP contribution in [0.15, 0.2) is 0 Å². The average Bonchev–Trinajstić information content (AvgIpc) is 3.04. The predicted octanol–water partition coefficient (Wildman–Crippen LogP) is 1.61. The monoisotopic (exact) mass is 240 g/mol. The summed E-state index contributed by atoms with van der Waals surface area (Å²) >= 11 is 0. The Kier molecular flexibility index (Phi) is 5.26. The van der Waals surface area contributed by atoms with Crippen LogP contribution in [0.1, 0.15) is 45.4 Å². The maximum Gasteiger partial charge on any atom is 0.0585 e. The summed E-state index contributed by atoms with van der Waals surface area (Å²) in [4.78, 5) is 2.58. The van der Waals surface area contributed by atoms with Gasteiger partial charge < -0.3 is 15.3 Å². The molecule has 100 valence electrons. The quantitative estimate of drug-likeness (QED) is 0.676. The molecule has 2 unspecified atom stereocenters. The molecule has 0 amide bonds. The number of hydrogen-bond donors (Lipinski definition) is 2. The summed E-state index contributed by atoms with van der Waals surface area (Å²) in [5.41, 5.74) is 0. The Morgan fingerprint density at radius 3 is 2.82 bits per heavy atom. The smallest absolute Gasteiger partial charge is 0.0585 e. The van der Waals surface area contributed by atoms with E-state index in [2.05, 4.69) is 17.1 Å². The average molecular weight is 240 g/mol. The van der Waals surface area contributed by atoms with E-state index in [4.69, 9.17) is 0 Å². The molecule has 3 heteroatoms. The van der Waals surface area contributed by atoms with Gasteiger partial charge in [0.15, 0.2) is 0 Å². The van der Waals surface area contributed by atoms with Crippen LogP contribution in [0.25, 0.3) is 0 Å². The van der Waals surface area contributed by atoms with Crippen LogP contribution in [0, 0.1) is 5.92 Å². The molecule has 0 spiro atoms. The number of nitrogens with zero attached hydrogens (tertiary/aromatic N) is 1. The highest BCUT2D eigenvalue weighted by molar-refractivity contribution is 4.85. The van der Waals surface area contributed by atoms with Crippen molar-refractivity contribution in [2.45, 2.75) is 57.5 Å². The molecule has 2 atom stereocenters. The Hall–Kier alpha value is -0.120. The molecule has 3 nitrogen and oxygen atoms in total. The first-order valence-electron chi connectivity index (χ1n) is 7.41. The summed E-state index contributed by atoms with van der Waals surface area (Å²) in [6, 6.07) is 1.03. The fourth-order valence-corrected chi connectivity index (χ4v) is 2.91. The lowest BCUT2D eigenvalue weighted by molar-refractivity contribution is 0.214. The van der Waals surface area contributed by atoms with Crippen LogP contribution in [0.5, 0.6) is 0 Å².